The van der Waals surface area contributed by atoms with E-state index in [2.05, 4.69) is 0 Å². The van der Waals surface area contributed by atoms with E-state index in [1.54, 1.807) is 30.3 Å². The van der Waals surface area contributed by atoms with Crippen LogP contribution < -0.4 is 0 Å². The van der Waals surface area contributed by atoms with Gasteiger partial charge in [0.25, 0.3) is 0 Å². The van der Waals surface area contributed by atoms with E-state index in [1.165, 1.54) is 0 Å². The second-order valence-electron chi connectivity index (χ2n) is 3.21. The number of aliphatic hydroxyl groups is 1. The predicted molar refractivity (Wildman–Crippen MR) is 53.8 cm³/mol. The maximum Gasteiger partial charge on any atom is 0.453 e. The van der Waals surface area contributed by atoms with Crippen LogP contribution in [0.2, 0.25) is 0 Å². The van der Waals surface area contributed by atoms with Gasteiger partial charge in [-0.3, -0.25) is 20.2 Å². The molecular weight excluding hydrogens is 216 g/mol. The number of rotatable bonds is 5. The highest BCUT2D eigenvalue weighted by molar-refractivity contribution is 5.17. The van der Waals surface area contributed by atoms with Crippen molar-refractivity contribution in [1.29, 1.82) is 0 Å². The molecule has 0 heterocycles. The fourth-order valence-electron chi connectivity index (χ4n) is 1.26. The lowest BCUT2D eigenvalue weighted by Crippen LogP contribution is -2.30. The van der Waals surface area contributed by atoms with Crippen molar-refractivity contribution in [1.82, 2.24) is 0 Å². The molecule has 1 N–H and O–H groups in total. The third kappa shape index (κ3) is 2.99. The van der Waals surface area contributed by atoms with Crippen LogP contribution in [-0.2, 0) is 0 Å². The first-order chi connectivity index (χ1) is 7.52. The van der Waals surface area contributed by atoms with Crippen molar-refractivity contribution in [2.45, 2.75) is 18.7 Å². The van der Waals surface area contributed by atoms with Gasteiger partial charge in [0.1, 0.15) is 6.42 Å². The van der Waals surface area contributed by atoms with Crippen LogP contribution in [0.5, 0.6) is 0 Å². The Morgan fingerprint density at radius 2 is 1.62 bits per heavy atom. The van der Waals surface area contributed by atoms with Crippen molar-refractivity contribution in [3.8, 4) is 0 Å². The molecule has 1 aromatic rings. The molecule has 7 nitrogen and oxygen atoms in total. The van der Waals surface area contributed by atoms with Gasteiger partial charge in [-0.2, -0.15) is 0 Å². The van der Waals surface area contributed by atoms with E-state index in [-0.39, 0.29) is 0 Å². The van der Waals surface area contributed by atoms with E-state index < -0.39 is 28.5 Å². The van der Waals surface area contributed by atoms with Gasteiger partial charge < -0.3 is 5.11 Å². The van der Waals surface area contributed by atoms with Crippen LogP contribution >= 0.6 is 0 Å². The van der Waals surface area contributed by atoms with E-state index in [1.807, 2.05) is 0 Å². The summed E-state index contributed by atoms with van der Waals surface area (Å²) in [6.45, 7) is 0. The Kier molecular flexibility index (Phi) is 3.90. The van der Waals surface area contributed by atoms with Gasteiger partial charge in [-0.25, -0.2) is 0 Å². The van der Waals surface area contributed by atoms with Crippen LogP contribution in [0.25, 0.3) is 0 Å². The smallest absolute Gasteiger partial charge is 0.388 e. The van der Waals surface area contributed by atoms with Crippen LogP contribution in [0.1, 0.15) is 18.1 Å². The Morgan fingerprint density at radius 1 is 1.12 bits per heavy atom. The Bertz CT molecular complexity index is 367. The average molecular weight is 226 g/mol. The van der Waals surface area contributed by atoms with Crippen molar-refractivity contribution in [3.63, 3.8) is 0 Å². The molecule has 0 saturated heterocycles. The number of hydrogen-bond acceptors (Lipinski definition) is 5. The number of aliphatic hydroxyl groups excluding tert-OH is 1. The first-order valence-corrected chi connectivity index (χ1v) is 4.52. The van der Waals surface area contributed by atoms with Crippen molar-refractivity contribution < 1.29 is 15.0 Å². The topological polar surface area (TPSA) is 107 Å². The monoisotopic (exact) mass is 226 g/mol. The SMILES string of the molecule is O=[N+]([O-])C(CC(O)c1ccccc1)[N+](=O)[O-]. The standard InChI is InChI=1S/C9H10N2O5/c12-8(7-4-2-1-3-5-7)6-9(10(13)14)11(15)16/h1-5,8-9,12H,6H2. The number of benzene rings is 1. The van der Waals surface area contributed by atoms with Gasteiger partial charge in [0, 0.05) is 0 Å². The molecule has 1 aromatic carbocycles. The molecule has 0 aliphatic carbocycles. The van der Waals surface area contributed by atoms with E-state index in [0.717, 1.165) is 0 Å². The van der Waals surface area contributed by atoms with Gasteiger partial charge in [-0.1, -0.05) is 30.3 Å². The van der Waals surface area contributed by atoms with E-state index in [0.29, 0.717) is 5.56 Å². The van der Waals surface area contributed by atoms with E-state index in [4.69, 9.17) is 0 Å². The molecule has 0 saturated carbocycles. The summed E-state index contributed by atoms with van der Waals surface area (Å²) in [5, 5.41) is 30.3. The van der Waals surface area contributed by atoms with E-state index in [9.17, 15) is 25.3 Å². The summed E-state index contributed by atoms with van der Waals surface area (Å²) in [5.74, 6) is 0. The number of nitro groups is 2. The molecule has 7 heteroatoms. The summed E-state index contributed by atoms with van der Waals surface area (Å²) < 4.78 is 0. The van der Waals surface area contributed by atoms with Crippen molar-refractivity contribution in [3.05, 3.63) is 56.1 Å². The first kappa shape index (κ1) is 12.1. The van der Waals surface area contributed by atoms with Crippen LogP contribution in [0, 0.1) is 20.2 Å². The molecule has 1 rings (SSSR count). The summed E-state index contributed by atoms with van der Waals surface area (Å²) in [6, 6.07) is 8.12. The maximum absolute atomic E-state index is 10.4. The average Bonchev–Trinajstić information content (AvgIpc) is 2.25. The molecule has 0 aromatic heterocycles. The summed E-state index contributed by atoms with van der Waals surface area (Å²) in [6.07, 6.45) is -3.72. The Balaban J connectivity index is 2.73. The molecule has 0 bridgehead atoms. The van der Waals surface area contributed by atoms with Crippen LogP contribution in [0.3, 0.4) is 0 Å². The molecule has 1 unspecified atom stereocenters. The molecule has 0 fully saturated rings. The highest BCUT2D eigenvalue weighted by Gasteiger charge is 2.35. The zero-order valence-electron chi connectivity index (χ0n) is 8.22. The fraction of sp³-hybridized carbons (Fsp3) is 0.333. The van der Waals surface area contributed by atoms with Crippen molar-refractivity contribution in [2.75, 3.05) is 0 Å². The summed E-state index contributed by atoms with van der Waals surface area (Å²) in [7, 11) is 0. The normalized spacial score (nSPS) is 12.4. The largest absolute Gasteiger partial charge is 0.453 e. The Morgan fingerprint density at radius 3 is 2.06 bits per heavy atom. The van der Waals surface area contributed by atoms with Gasteiger partial charge in [-0.05, 0) is 5.56 Å². The molecule has 0 spiro atoms. The molecule has 1 atom stereocenters. The van der Waals surface area contributed by atoms with Gasteiger partial charge in [0.05, 0.1) is 16.0 Å². The minimum Gasteiger partial charge on any atom is -0.388 e. The van der Waals surface area contributed by atoms with E-state index >= 15 is 0 Å². The molecular formula is C9H10N2O5. The van der Waals surface area contributed by atoms with Crippen molar-refractivity contribution in [2.24, 2.45) is 0 Å². The lowest BCUT2D eigenvalue weighted by atomic mass is 10.1. The Hall–Kier alpha value is -2.02. The van der Waals surface area contributed by atoms with Crippen LogP contribution in [0.4, 0.5) is 0 Å². The van der Waals surface area contributed by atoms with Crippen LogP contribution in [-0.4, -0.2) is 21.1 Å². The minimum atomic E-state index is -1.98. The Labute approximate surface area is 90.6 Å². The molecule has 0 amide bonds. The third-order valence-electron chi connectivity index (χ3n) is 2.11. The minimum absolute atomic E-state index is 0.427. The lowest BCUT2D eigenvalue weighted by Gasteiger charge is -2.09. The fourth-order valence-corrected chi connectivity index (χ4v) is 1.26. The van der Waals surface area contributed by atoms with Gasteiger partial charge >= 0.3 is 6.17 Å². The highest BCUT2D eigenvalue weighted by atomic mass is 16.7. The zero-order chi connectivity index (χ0) is 12.1. The quantitative estimate of drug-likeness (QED) is 0.457. The third-order valence-corrected chi connectivity index (χ3v) is 2.11. The summed E-state index contributed by atoms with van der Waals surface area (Å²) >= 11 is 0. The predicted octanol–water partition coefficient (Wildman–Crippen LogP) is 0.990. The molecule has 86 valence electrons. The van der Waals surface area contributed by atoms with Crippen LogP contribution in [0.15, 0.2) is 30.3 Å². The second kappa shape index (κ2) is 5.17. The molecule has 0 aliphatic rings. The van der Waals surface area contributed by atoms with Gasteiger partial charge in [-0.15, -0.1) is 0 Å². The maximum atomic E-state index is 10.4. The van der Waals surface area contributed by atoms with Gasteiger partial charge in [0.2, 0.25) is 0 Å². The van der Waals surface area contributed by atoms with Gasteiger partial charge in [0.15, 0.2) is 0 Å². The summed E-state index contributed by atoms with van der Waals surface area (Å²) in [4.78, 5) is 18.7. The van der Waals surface area contributed by atoms with Crippen molar-refractivity contribution >= 4 is 0 Å². The zero-order valence-corrected chi connectivity index (χ0v) is 8.22. The number of hydrogen-bond donors (Lipinski definition) is 1. The highest BCUT2D eigenvalue weighted by Crippen LogP contribution is 2.19. The summed E-state index contributed by atoms with van der Waals surface area (Å²) in [5.41, 5.74) is 0.427. The number of nitrogens with zero attached hydrogens (tertiary/aromatic N) is 2. The first-order valence-electron chi connectivity index (χ1n) is 4.52. The molecule has 0 radical (unpaired) electrons. The molecule has 16 heavy (non-hydrogen) atoms. The second-order valence-corrected chi connectivity index (χ2v) is 3.21. The lowest BCUT2D eigenvalue weighted by molar-refractivity contribution is -0.744. The molecule has 0 aliphatic heterocycles.